The number of rotatable bonds is 5. The van der Waals surface area contributed by atoms with Crippen molar-refractivity contribution in [1.29, 1.82) is 0 Å². The molecule has 2 rings (SSSR count). The number of piperazine rings is 1. The lowest BCUT2D eigenvalue weighted by atomic mass is 10.1. The second-order valence-electron chi connectivity index (χ2n) is 6.21. The highest BCUT2D eigenvalue weighted by Crippen LogP contribution is 2.10. The Morgan fingerprint density at radius 3 is 2.12 bits per heavy atom. The Balaban J connectivity index is 1.67. The van der Waals surface area contributed by atoms with E-state index in [1.165, 1.54) is 10.7 Å². The quantitative estimate of drug-likeness (QED) is 0.751. The van der Waals surface area contributed by atoms with Gasteiger partial charge in [-0.1, -0.05) is 0 Å². The second-order valence-corrected chi connectivity index (χ2v) is 8.47. The van der Waals surface area contributed by atoms with Crippen molar-refractivity contribution in [1.82, 2.24) is 19.4 Å². The van der Waals surface area contributed by atoms with Gasteiger partial charge in [-0.05, 0) is 26.2 Å². The fourth-order valence-electron chi connectivity index (χ4n) is 3.04. The third kappa shape index (κ3) is 5.07. The van der Waals surface area contributed by atoms with Crippen LogP contribution in [0.1, 0.15) is 32.6 Å². The van der Waals surface area contributed by atoms with Crippen LogP contribution in [0.15, 0.2) is 0 Å². The van der Waals surface area contributed by atoms with E-state index in [-0.39, 0.29) is 17.7 Å². The Hall–Kier alpha value is -1.35. The van der Waals surface area contributed by atoms with E-state index in [9.17, 15) is 18.0 Å². The Bertz CT molecular complexity index is 538. The minimum atomic E-state index is -3.19. The third-order valence-corrected chi connectivity index (χ3v) is 6.49. The SMILES string of the molecule is CCS(=O)(=O)N1CCN(C(=O)NCCC(=O)N2CCCCC2)CC1. The summed E-state index contributed by atoms with van der Waals surface area (Å²) in [6.45, 7) is 5.00. The van der Waals surface area contributed by atoms with Gasteiger partial charge in [-0.15, -0.1) is 0 Å². The maximum atomic E-state index is 12.1. The number of amides is 3. The van der Waals surface area contributed by atoms with E-state index >= 15 is 0 Å². The molecule has 8 nitrogen and oxygen atoms in total. The number of carbonyl (C=O) groups is 2. The number of urea groups is 1. The van der Waals surface area contributed by atoms with Gasteiger partial charge in [0.05, 0.1) is 5.75 Å². The molecule has 9 heteroatoms. The summed E-state index contributed by atoms with van der Waals surface area (Å²) in [5, 5.41) is 2.76. The molecule has 0 aromatic carbocycles. The molecule has 2 heterocycles. The third-order valence-electron chi connectivity index (χ3n) is 4.61. The molecule has 138 valence electrons. The highest BCUT2D eigenvalue weighted by molar-refractivity contribution is 7.89. The molecule has 0 aromatic rings. The van der Waals surface area contributed by atoms with E-state index in [0.29, 0.717) is 39.1 Å². The summed E-state index contributed by atoms with van der Waals surface area (Å²) in [6.07, 6.45) is 3.61. The van der Waals surface area contributed by atoms with Crippen molar-refractivity contribution >= 4 is 22.0 Å². The lowest BCUT2D eigenvalue weighted by Crippen LogP contribution is -2.53. The van der Waals surface area contributed by atoms with E-state index in [4.69, 9.17) is 0 Å². The van der Waals surface area contributed by atoms with E-state index in [0.717, 1.165) is 25.9 Å². The average molecular weight is 360 g/mol. The van der Waals surface area contributed by atoms with Crippen LogP contribution in [-0.4, -0.2) is 86.0 Å². The smallest absolute Gasteiger partial charge is 0.317 e. The van der Waals surface area contributed by atoms with Gasteiger partial charge in [0.15, 0.2) is 0 Å². The molecule has 0 saturated carbocycles. The minimum absolute atomic E-state index is 0.0812. The summed E-state index contributed by atoms with van der Waals surface area (Å²) in [5.74, 6) is 0.173. The van der Waals surface area contributed by atoms with Gasteiger partial charge < -0.3 is 15.1 Å². The van der Waals surface area contributed by atoms with Gasteiger partial charge in [0.2, 0.25) is 15.9 Å². The summed E-state index contributed by atoms with van der Waals surface area (Å²) in [6, 6.07) is -0.227. The zero-order valence-electron chi connectivity index (χ0n) is 14.4. The molecule has 0 bridgehead atoms. The maximum absolute atomic E-state index is 12.1. The number of likely N-dealkylation sites (tertiary alicyclic amines) is 1. The van der Waals surface area contributed by atoms with Gasteiger partial charge in [0.1, 0.15) is 0 Å². The largest absolute Gasteiger partial charge is 0.343 e. The molecular formula is C15H28N4O4S. The average Bonchev–Trinajstić information content (AvgIpc) is 2.62. The summed E-state index contributed by atoms with van der Waals surface area (Å²) in [7, 11) is -3.19. The standard InChI is InChI=1S/C15H28N4O4S/c1-2-24(22,23)19-12-10-18(11-13-19)15(21)16-7-6-14(20)17-8-4-3-5-9-17/h2-13H2,1H3,(H,16,21). The predicted octanol–water partition coefficient (Wildman–Crippen LogP) is 0.0659. The second kappa shape index (κ2) is 8.66. The molecule has 0 radical (unpaired) electrons. The van der Waals surface area contributed by atoms with Crippen LogP contribution in [0, 0.1) is 0 Å². The molecule has 2 aliphatic heterocycles. The zero-order chi connectivity index (χ0) is 17.6. The van der Waals surface area contributed by atoms with Crippen molar-refractivity contribution in [2.45, 2.75) is 32.6 Å². The molecule has 2 saturated heterocycles. The number of piperidine rings is 1. The van der Waals surface area contributed by atoms with Crippen molar-refractivity contribution in [2.24, 2.45) is 0 Å². The molecule has 0 spiro atoms. The fourth-order valence-corrected chi connectivity index (χ4v) is 4.13. The van der Waals surface area contributed by atoms with Crippen LogP contribution in [0.4, 0.5) is 4.79 Å². The number of hydrogen-bond donors (Lipinski definition) is 1. The lowest BCUT2D eigenvalue weighted by Gasteiger charge is -2.33. The molecule has 1 N–H and O–H groups in total. The van der Waals surface area contributed by atoms with Crippen molar-refractivity contribution in [3.8, 4) is 0 Å². The van der Waals surface area contributed by atoms with Gasteiger partial charge in [0, 0.05) is 52.2 Å². The molecule has 0 unspecified atom stereocenters. The Morgan fingerprint density at radius 1 is 0.917 bits per heavy atom. The van der Waals surface area contributed by atoms with E-state index in [1.54, 1.807) is 11.8 Å². The van der Waals surface area contributed by atoms with Crippen molar-refractivity contribution in [3.63, 3.8) is 0 Å². The van der Waals surface area contributed by atoms with Crippen molar-refractivity contribution < 1.29 is 18.0 Å². The lowest BCUT2D eigenvalue weighted by molar-refractivity contribution is -0.131. The van der Waals surface area contributed by atoms with Gasteiger partial charge in [0.25, 0.3) is 0 Å². The first-order chi connectivity index (χ1) is 11.4. The van der Waals surface area contributed by atoms with Crippen LogP contribution in [0.3, 0.4) is 0 Å². The number of carbonyl (C=O) groups excluding carboxylic acids is 2. The fraction of sp³-hybridized carbons (Fsp3) is 0.867. The van der Waals surface area contributed by atoms with Crippen molar-refractivity contribution in [2.75, 3.05) is 51.6 Å². The van der Waals surface area contributed by atoms with Crippen LogP contribution in [0.25, 0.3) is 0 Å². The van der Waals surface area contributed by atoms with Crippen LogP contribution in [0.2, 0.25) is 0 Å². The molecule has 2 fully saturated rings. The summed E-state index contributed by atoms with van der Waals surface area (Å²) < 4.78 is 25.0. The molecular weight excluding hydrogens is 332 g/mol. The highest BCUT2D eigenvalue weighted by Gasteiger charge is 2.27. The molecule has 2 aliphatic rings. The predicted molar refractivity (Wildman–Crippen MR) is 91.1 cm³/mol. The Labute approximate surface area is 144 Å². The highest BCUT2D eigenvalue weighted by atomic mass is 32.2. The summed E-state index contributed by atoms with van der Waals surface area (Å²) in [5.41, 5.74) is 0. The first kappa shape index (κ1) is 19.0. The maximum Gasteiger partial charge on any atom is 0.317 e. The zero-order valence-corrected chi connectivity index (χ0v) is 15.2. The monoisotopic (exact) mass is 360 g/mol. The van der Waals surface area contributed by atoms with Gasteiger partial charge >= 0.3 is 6.03 Å². The number of sulfonamides is 1. The molecule has 0 aliphatic carbocycles. The summed E-state index contributed by atoms with van der Waals surface area (Å²) >= 11 is 0. The van der Waals surface area contributed by atoms with Gasteiger partial charge in [-0.2, -0.15) is 4.31 Å². The number of nitrogens with zero attached hydrogens (tertiary/aromatic N) is 3. The van der Waals surface area contributed by atoms with Crippen LogP contribution in [-0.2, 0) is 14.8 Å². The number of nitrogens with one attached hydrogen (secondary N) is 1. The first-order valence-corrected chi connectivity index (χ1v) is 10.3. The Kier molecular flexibility index (Phi) is 6.85. The normalized spacial score (nSPS) is 20.0. The van der Waals surface area contributed by atoms with Gasteiger partial charge in [-0.25, -0.2) is 13.2 Å². The van der Waals surface area contributed by atoms with Crippen molar-refractivity contribution in [3.05, 3.63) is 0 Å². The molecule has 24 heavy (non-hydrogen) atoms. The first-order valence-electron chi connectivity index (χ1n) is 8.72. The molecule has 3 amide bonds. The van der Waals surface area contributed by atoms with E-state index in [2.05, 4.69) is 5.32 Å². The van der Waals surface area contributed by atoms with Crippen LogP contribution in [0.5, 0.6) is 0 Å². The van der Waals surface area contributed by atoms with Gasteiger partial charge in [-0.3, -0.25) is 4.79 Å². The van der Waals surface area contributed by atoms with Crippen LogP contribution < -0.4 is 5.32 Å². The van der Waals surface area contributed by atoms with E-state index in [1.807, 2.05) is 4.90 Å². The molecule has 0 aromatic heterocycles. The topological polar surface area (TPSA) is 90.0 Å². The molecule has 0 atom stereocenters. The van der Waals surface area contributed by atoms with E-state index < -0.39 is 10.0 Å². The van der Waals surface area contributed by atoms with Crippen LogP contribution >= 0.6 is 0 Å². The Morgan fingerprint density at radius 2 is 1.54 bits per heavy atom. The minimum Gasteiger partial charge on any atom is -0.343 e. The summed E-state index contributed by atoms with van der Waals surface area (Å²) in [4.78, 5) is 27.6. The number of hydrogen-bond acceptors (Lipinski definition) is 4.